The van der Waals surface area contributed by atoms with E-state index in [-0.39, 0.29) is 18.3 Å². The number of aryl methyl sites for hydroxylation is 1. The molecule has 2 N–H and O–H groups in total. The summed E-state index contributed by atoms with van der Waals surface area (Å²) in [5.74, 6) is 1.20. The number of amides is 1. The Labute approximate surface area is 134 Å². The molecule has 0 atom stereocenters. The van der Waals surface area contributed by atoms with Crippen molar-refractivity contribution in [2.24, 2.45) is 0 Å². The average molecular weight is 325 g/mol. The molecule has 4 aromatic heterocycles. The molecule has 0 radical (unpaired) electrons. The van der Waals surface area contributed by atoms with Crippen LogP contribution in [0.1, 0.15) is 22.3 Å². The van der Waals surface area contributed by atoms with Gasteiger partial charge < -0.3 is 9.84 Å². The van der Waals surface area contributed by atoms with E-state index < -0.39 is 0 Å². The molecule has 120 valence electrons. The van der Waals surface area contributed by atoms with Crippen LogP contribution < -0.4 is 5.32 Å². The number of aromatic amines is 1. The third kappa shape index (κ3) is 2.37. The van der Waals surface area contributed by atoms with Gasteiger partial charge in [-0.2, -0.15) is 10.1 Å². The lowest BCUT2D eigenvalue weighted by Crippen LogP contribution is -2.25. The van der Waals surface area contributed by atoms with Gasteiger partial charge in [-0.3, -0.25) is 14.3 Å². The molecule has 11 heteroatoms. The molecular weight excluding hydrogens is 314 g/mol. The van der Waals surface area contributed by atoms with Crippen molar-refractivity contribution in [3.05, 3.63) is 42.1 Å². The van der Waals surface area contributed by atoms with Crippen molar-refractivity contribution in [3.8, 4) is 11.5 Å². The topological polar surface area (TPSA) is 140 Å². The molecule has 0 saturated carbocycles. The molecular formula is C13H11N9O2. The number of fused-ring (bicyclic) bond motifs is 1. The predicted molar refractivity (Wildman–Crippen MR) is 78.6 cm³/mol. The standard InChI is InChI=1S/C13H11N9O2/c1-7-17-13(24-21-7)8-3-2-4-22-9(18-20-11(8)22)5-14-12(23)10-15-6-16-19-10/h2-4,6H,5H2,1H3,(H,14,23)(H,15,16,19). The molecule has 0 aliphatic heterocycles. The summed E-state index contributed by atoms with van der Waals surface area (Å²) < 4.78 is 6.93. The van der Waals surface area contributed by atoms with Gasteiger partial charge in [0.25, 0.3) is 11.8 Å². The highest BCUT2D eigenvalue weighted by molar-refractivity contribution is 5.90. The number of pyridine rings is 1. The Bertz CT molecular complexity index is 1000. The fourth-order valence-corrected chi connectivity index (χ4v) is 2.22. The molecule has 24 heavy (non-hydrogen) atoms. The van der Waals surface area contributed by atoms with Crippen LogP contribution in [-0.4, -0.2) is 45.8 Å². The number of nitrogens with one attached hydrogen (secondary N) is 2. The summed E-state index contributed by atoms with van der Waals surface area (Å²) in [7, 11) is 0. The SMILES string of the molecule is Cc1noc(-c2cccn3c(CNC(=O)c4ncn[nH]4)nnc23)n1. The van der Waals surface area contributed by atoms with Crippen molar-refractivity contribution < 1.29 is 9.32 Å². The van der Waals surface area contributed by atoms with Crippen LogP contribution in [-0.2, 0) is 6.54 Å². The van der Waals surface area contributed by atoms with Crippen LogP contribution in [0.4, 0.5) is 0 Å². The van der Waals surface area contributed by atoms with Crippen molar-refractivity contribution in [3.63, 3.8) is 0 Å². The lowest BCUT2D eigenvalue weighted by molar-refractivity contribution is 0.0940. The molecule has 4 aromatic rings. The number of aromatic nitrogens is 8. The van der Waals surface area contributed by atoms with Crippen LogP contribution >= 0.6 is 0 Å². The van der Waals surface area contributed by atoms with Gasteiger partial charge in [0.15, 0.2) is 17.3 Å². The van der Waals surface area contributed by atoms with Crippen molar-refractivity contribution in [2.45, 2.75) is 13.5 Å². The van der Waals surface area contributed by atoms with E-state index in [2.05, 4.69) is 40.8 Å². The molecule has 11 nitrogen and oxygen atoms in total. The minimum absolute atomic E-state index is 0.130. The third-order valence-electron chi connectivity index (χ3n) is 3.30. The molecule has 0 aliphatic carbocycles. The zero-order chi connectivity index (χ0) is 16.5. The van der Waals surface area contributed by atoms with Crippen LogP contribution in [0, 0.1) is 6.92 Å². The monoisotopic (exact) mass is 325 g/mol. The number of rotatable bonds is 4. The maximum atomic E-state index is 11.9. The minimum atomic E-state index is -0.382. The number of hydrogen-bond acceptors (Lipinski definition) is 8. The Morgan fingerprint density at radius 1 is 1.42 bits per heavy atom. The highest BCUT2D eigenvalue weighted by atomic mass is 16.5. The summed E-state index contributed by atoms with van der Waals surface area (Å²) >= 11 is 0. The molecule has 0 aromatic carbocycles. The van der Waals surface area contributed by atoms with E-state index in [0.717, 1.165) is 0 Å². The summed E-state index contributed by atoms with van der Waals surface area (Å²) in [6.45, 7) is 1.91. The molecule has 1 amide bonds. The van der Waals surface area contributed by atoms with E-state index in [1.807, 2.05) is 12.1 Å². The summed E-state index contributed by atoms with van der Waals surface area (Å²) in [6.07, 6.45) is 3.05. The first kappa shape index (κ1) is 14.0. The number of carbonyl (C=O) groups excluding carboxylic acids is 1. The van der Waals surface area contributed by atoms with Gasteiger partial charge in [-0.05, 0) is 19.1 Å². The summed E-state index contributed by atoms with van der Waals surface area (Å²) in [5.41, 5.74) is 1.23. The number of H-pyrrole nitrogens is 1. The zero-order valence-corrected chi connectivity index (χ0v) is 12.5. The highest BCUT2D eigenvalue weighted by Gasteiger charge is 2.16. The first-order valence-corrected chi connectivity index (χ1v) is 6.99. The second-order valence-electron chi connectivity index (χ2n) is 4.90. The van der Waals surface area contributed by atoms with Gasteiger partial charge >= 0.3 is 0 Å². The van der Waals surface area contributed by atoms with Gasteiger partial charge in [0.2, 0.25) is 5.82 Å². The average Bonchev–Trinajstić information content (AvgIpc) is 3.33. The smallest absolute Gasteiger partial charge is 0.288 e. The molecule has 0 saturated heterocycles. The second-order valence-corrected chi connectivity index (χ2v) is 4.90. The lowest BCUT2D eigenvalue weighted by atomic mass is 10.2. The second kappa shape index (κ2) is 5.53. The Morgan fingerprint density at radius 3 is 3.08 bits per heavy atom. The van der Waals surface area contributed by atoms with Gasteiger partial charge in [-0.1, -0.05) is 5.16 Å². The summed E-state index contributed by atoms with van der Waals surface area (Å²) in [4.78, 5) is 19.9. The molecule has 4 rings (SSSR count). The molecule has 0 spiro atoms. The van der Waals surface area contributed by atoms with Gasteiger partial charge in [0, 0.05) is 6.20 Å². The van der Waals surface area contributed by atoms with Gasteiger partial charge in [-0.15, -0.1) is 10.2 Å². The molecule has 0 aliphatic rings. The molecule has 0 unspecified atom stereocenters. The van der Waals surface area contributed by atoms with Crippen LogP contribution in [0.2, 0.25) is 0 Å². The van der Waals surface area contributed by atoms with Crippen molar-refractivity contribution in [1.29, 1.82) is 0 Å². The first-order chi connectivity index (χ1) is 11.7. The van der Waals surface area contributed by atoms with E-state index in [4.69, 9.17) is 4.52 Å². The van der Waals surface area contributed by atoms with E-state index in [1.165, 1.54) is 6.33 Å². The van der Waals surface area contributed by atoms with Gasteiger partial charge in [0.05, 0.1) is 12.1 Å². The predicted octanol–water partition coefficient (Wildman–Crippen LogP) is 0.136. The van der Waals surface area contributed by atoms with E-state index in [0.29, 0.717) is 28.8 Å². The molecule has 4 heterocycles. The Hall–Kier alpha value is -3.63. The van der Waals surface area contributed by atoms with Crippen LogP contribution in [0.25, 0.3) is 17.1 Å². The number of carbonyl (C=O) groups is 1. The van der Waals surface area contributed by atoms with Gasteiger partial charge in [-0.25, -0.2) is 4.98 Å². The third-order valence-corrected chi connectivity index (χ3v) is 3.30. The fraction of sp³-hybridized carbons (Fsp3) is 0.154. The first-order valence-electron chi connectivity index (χ1n) is 6.99. The normalized spacial score (nSPS) is 11.0. The van der Waals surface area contributed by atoms with Crippen LogP contribution in [0.5, 0.6) is 0 Å². The maximum absolute atomic E-state index is 11.9. The zero-order valence-electron chi connectivity index (χ0n) is 12.5. The van der Waals surface area contributed by atoms with Crippen molar-refractivity contribution in [1.82, 2.24) is 45.2 Å². The fourth-order valence-electron chi connectivity index (χ4n) is 2.22. The molecule has 0 bridgehead atoms. The van der Waals surface area contributed by atoms with Gasteiger partial charge in [0.1, 0.15) is 6.33 Å². The summed E-state index contributed by atoms with van der Waals surface area (Å²) in [5, 5.41) is 20.8. The lowest BCUT2D eigenvalue weighted by Gasteiger charge is -2.02. The number of hydrogen-bond donors (Lipinski definition) is 2. The minimum Gasteiger partial charge on any atom is -0.342 e. The van der Waals surface area contributed by atoms with E-state index in [9.17, 15) is 4.79 Å². The van der Waals surface area contributed by atoms with Crippen molar-refractivity contribution >= 4 is 11.6 Å². The largest absolute Gasteiger partial charge is 0.342 e. The Balaban J connectivity index is 1.62. The Kier molecular flexibility index (Phi) is 3.23. The van der Waals surface area contributed by atoms with Crippen molar-refractivity contribution in [2.75, 3.05) is 0 Å². The maximum Gasteiger partial charge on any atom is 0.288 e. The van der Waals surface area contributed by atoms with Crippen LogP contribution in [0.3, 0.4) is 0 Å². The Morgan fingerprint density at radius 2 is 2.33 bits per heavy atom. The van der Waals surface area contributed by atoms with E-state index in [1.54, 1.807) is 17.5 Å². The highest BCUT2D eigenvalue weighted by Crippen LogP contribution is 2.21. The van der Waals surface area contributed by atoms with E-state index >= 15 is 0 Å². The number of nitrogens with zero attached hydrogens (tertiary/aromatic N) is 7. The van der Waals surface area contributed by atoms with Crippen LogP contribution in [0.15, 0.2) is 29.2 Å². The molecule has 0 fully saturated rings. The quantitative estimate of drug-likeness (QED) is 0.540. The summed E-state index contributed by atoms with van der Waals surface area (Å²) in [6, 6.07) is 3.63.